The molecule has 4 rings (SSSR count). The van der Waals surface area contributed by atoms with Crippen LogP contribution in [0.2, 0.25) is 0 Å². The molecule has 0 spiro atoms. The first-order valence-corrected chi connectivity index (χ1v) is 3.63. The Morgan fingerprint density at radius 2 is 1.12 bits per heavy atom. The summed E-state index contributed by atoms with van der Waals surface area (Å²) in [5.41, 5.74) is 3.72. The number of rotatable bonds is 0. The molecule has 0 aromatic rings. The summed E-state index contributed by atoms with van der Waals surface area (Å²) in [5, 5.41) is 0. The molecule has 42 valence electrons. The van der Waals surface area contributed by atoms with Crippen LogP contribution in [0.4, 0.5) is 0 Å². The van der Waals surface area contributed by atoms with E-state index < -0.39 is 0 Å². The molecule has 4 aliphatic rings. The van der Waals surface area contributed by atoms with E-state index in [2.05, 4.69) is 0 Å². The van der Waals surface area contributed by atoms with Crippen LogP contribution < -0.4 is 0 Å². The Kier molecular flexibility index (Phi) is 0.415. The minimum absolute atomic E-state index is 1.14. The summed E-state index contributed by atoms with van der Waals surface area (Å²) in [5.74, 6) is 2.28. The highest BCUT2D eigenvalue weighted by Gasteiger charge is 2.44. The molecule has 0 amide bonds. The highest BCUT2D eigenvalue weighted by Crippen LogP contribution is 2.58. The van der Waals surface area contributed by atoms with Gasteiger partial charge >= 0.3 is 0 Å². The topological polar surface area (TPSA) is 0 Å². The van der Waals surface area contributed by atoms with Crippen molar-refractivity contribution in [3.63, 3.8) is 0 Å². The minimum atomic E-state index is 1.14. The lowest BCUT2D eigenvalue weighted by Crippen LogP contribution is -1.95. The second kappa shape index (κ2) is 0.896. The van der Waals surface area contributed by atoms with E-state index in [1.54, 1.807) is 0 Å². The van der Waals surface area contributed by atoms with Crippen LogP contribution in [0.1, 0.15) is 25.7 Å². The van der Waals surface area contributed by atoms with Gasteiger partial charge in [0.25, 0.3) is 0 Å². The van der Waals surface area contributed by atoms with E-state index in [-0.39, 0.29) is 0 Å². The van der Waals surface area contributed by atoms with Crippen molar-refractivity contribution in [3.8, 4) is 0 Å². The maximum atomic E-state index is 1.86. The summed E-state index contributed by atoms with van der Waals surface area (Å²) in [7, 11) is 0. The molecule has 8 heavy (non-hydrogen) atoms. The van der Waals surface area contributed by atoms with E-state index in [0.717, 1.165) is 11.8 Å². The molecule has 4 bridgehead atoms. The van der Waals surface area contributed by atoms with Gasteiger partial charge < -0.3 is 0 Å². The van der Waals surface area contributed by atoms with E-state index in [0.29, 0.717) is 0 Å². The van der Waals surface area contributed by atoms with E-state index >= 15 is 0 Å². The number of hydrogen-bond acceptors (Lipinski definition) is 0. The molecular formula is C8H10. The largest absolute Gasteiger partial charge is 0.0704 e. The predicted molar refractivity (Wildman–Crippen MR) is 32.5 cm³/mol. The molecule has 0 aromatic carbocycles. The Hall–Kier alpha value is -0.260. The average Bonchev–Trinajstić information content (AvgIpc) is 2.21. The van der Waals surface area contributed by atoms with Crippen molar-refractivity contribution in [1.82, 2.24) is 0 Å². The van der Waals surface area contributed by atoms with E-state index in [4.69, 9.17) is 0 Å². The van der Waals surface area contributed by atoms with Gasteiger partial charge in [0.05, 0.1) is 0 Å². The van der Waals surface area contributed by atoms with Crippen LogP contribution in [0.15, 0.2) is 11.1 Å². The Morgan fingerprint density at radius 3 is 1.25 bits per heavy atom. The highest BCUT2D eigenvalue weighted by molar-refractivity contribution is 5.34. The maximum Gasteiger partial charge on any atom is -0.0283 e. The van der Waals surface area contributed by atoms with Crippen molar-refractivity contribution in [2.75, 3.05) is 0 Å². The molecule has 2 saturated carbocycles. The molecule has 0 heterocycles. The van der Waals surface area contributed by atoms with Gasteiger partial charge in [-0.2, -0.15) is 0 Å². The smallest absolute Gasteiger partial charge is 0.0283 e. The summed E-state index contributed by atoms with van der Waals surface area (Å²) < 4.78 is 0. The van der Waals surface area contributed by atoms with E-state index in [1.165, 1.54) is 25.7 Å². The molecule has 0 unspecified atom stereocenters. The van der Waals surface area contributed by atoms with Crippen LogP contribution in [-0.4, -0.2) is 0 Å². The number of hydrogen-bond donors (Lipinski definition) is 0. The third-order valence-corrected chi connectivity index (χ3v) is 3.20. The zero-order valence-corrected chi connectivity index (χ0v) is 4.98. The van der Waals surface area contributed by atoms with Gasteiger partial charge in [0.15, 0.2) is 0 Å². The number of allylic oxidation sites excluding steroid dienone is 2. The van der Waals surface area contributed by atoms with E-state index in [9.17, 15) is 0 Å². The third-order valence-electron chi connectivity index (χ3n) is 3.20. The second-order valence-electron chi connectivity index (χ2n) is 3.54. The summed E-state index contributed by atoms with van der Waals surface area (Å²) in [6.07, 6.45) is 6.00. The molecule has 0 heteroatoms. The van der Waals surface area contributed by atoms with Crippen LogP contribution >= 0.6 is 0 Å². The lowest BCUT2D eigenvalue weighted by atomic mass is 10.0. The molecule has 0 saturated heterocycles. The highest BCUT2D eigenvalue weighted by atomic mass is 14.5. The van der Waals surface area contributed by atoms with E-state index in [1.807, 2.05) is 11.1 Å². The first-order chi connectivity index (χ1) is 3.93. The zero-order valence-electron chi connectivity index (χ0n) is 4.98. The molecule has 0 aliphatic heterocycles. The molecule has 2 fully saturated rings. The molecule has 0 radical (unpaired) electrons. The third kappa shape index (κ3) is 0.229. The van der Waals surface area contributed by atoms with Gasteiger partial charge in [-0.15, -0.1) is 0 Å². The molecule has 0 aromatic heterocycles. The van der Waals surface area contributed by atoms with Gasteiger partial charge in [0, 0.05) is 0 Å². The molecular weight excluding hydrogens is 96.1 g/mol. The fourth-order valence-corrected chi connectivity index (χ4v) is 2.82. The quantitative estimate of drug-likeness (QED) is 0.415. The Morgan fingerprint density at radius 1 is 0.750 bits per heavy atom. The predicted octanol–water partition coefficient (Wildman–Crippen LogP) is 2.12. The summed E-state index contributed by atoms with van der Waals surface area (Å²) >= 11 is 0. The van der Waals surface area contributed by atoms with Gasteiger partial charge in [-0.1, -0.05) is 11.1 Å². The molecule has 0 N–H and O–H groups in total. The lowest BCUT2D eigenvalue weighted by molar-refractivity contribution is 0.457. The minimum Gasteiger partial charge on any atom is -0.0704 e. The fourth-order valence-electron chi connectivity index (χ4n) is 2.82. The van der Waals surface area contributed by atoms with Crippen molar-refractivity contribution < 1.29 is 0 Å². The first kappa shape index (κ1) is 3.71. The normalized spacial score (nSPS) is 48.0. The zero-order chi connectivity index (χ0) is 5.14. The Balaban J connectivity index is 2.30. The van der Waals surface area contributed by atoms with Crippen molar-refractivity contribution in [2.45, 2.75) is 25.7 Å². The molecule has 0 atom stereocenters. The van der Waals surface area contributed by atoms with Crippen molar-refractivity contribution in [3.05, 3.63) is 11.1 Å². The van der Waals surface area contributed by atoms with Crippen molar-refractivity contribution in [1.29, 1.82) is 0 Å². The summed E-state index contributed by atoms with van der Waals surface area (Å²) in [4.78, 5) is 0. The Bertz CT molecular complexity index is 140. The first-order valence-electron chi connectivity index (χ1n) is 3.63. The fraction of sp³-hybridized carbons (Fsp3) is 0.750. The van der Waals surface area contributed by atoms with Crippen LogP contribution in [0.3, 0.4) is 0 Å². The van der Waals surface area contributed by atoms with Gasteiger partial charge in [0.2, 0.25) is 0 Å². The van der Waals surface area contributed by atoms with Crippen LogP contribution in [0.25, 0.3) is 0 Å². The molecule has 4 aliphatic carbocycles. The summed E-state index contributed by atoms with van der Waals surface area (Å²) in [6.45, 7) is 0. The van der Waals surface area contributed by atoms with Crippen LogP contribution in [-0.2, 0) is 0 Å². The second-order valence-corrected chi connectivity index (χ2v) is 3.54. The average molecular weight is 106 g/mol. The van der Waals surface area contributed by atoms with Gasteiger partial charge in [-0.05, 0) is 37.5 Å². The van der Waals surface area contributed by atoms with Gasteiger partial charge in [-0.3, -0.25) is 0 Å². The Labute approximate surface area is 49.6 Å². The van der Waals surface area contributed by atoms with Crippen molar-refractivity contribution >= 4 is 0 Å². The lowest BCUT2D eigenvalue weighted by Gasteiger charge is -2.03. The van der Waals surface area contributed by atoms with Gasteiger partial charge in [0.1, 0.15) is 0 Å². The standard InChI is InChI=1S/C8H10/c1-5-2-7-4-8(5)3-6(1)7/h5,8H,1-4H2. The van der Waals surface area contributed by atoms with Gasteiger partial charge in [-0.25, -0.2) is 0 Å². The van der Waals surface area contributed by atoms with Crippen molar-refractivity contribution in [2.24, 2.45) is 11.8 Å². The van der Waals surface area contributed by atoms with Crippen LogP contribution in [0, 0.1) is 11.8 Å². The molecule has 0 nitrogen and oxygen atoms in total. The van der Waals surface area contributed by atoms with Crippen LogP contribution in [0.5, 0.6) is 0 Å². The SMILES string of the molecule is C1C2=C3CC1C(C2)C3. The summed E-state index contributed by atoms with van der Waals surface area (Å²) in [6, 6.07) is 0. The monoisotopic (exact) mass is 106 g/mol. The maximum absolute atomic E-state index is 1.86.